The Morgan fingerprint density at radius 3 is 1.50 bits per heavy atom. The van der Waals surface area contributed by atoms with Gasteiger partial charge in [-0.25, -0.2) is 9.59 Å². The summed E-state index contributed by atoms with van der Waals surface area (Å²) in [6.07, 6.45) is 25.7. The zero-order valence-corrected chi connectivity index (χ0v) is 37.5. The van der Waals surface area contributed by atoms with Gasteiger partial charge in [-0.3, -0.25) is 9.59 Å². The molecule has 0 aliphatic rings. The molecular formula is C53H69N3O6. The SMILES string of the molecule is CCCCCCCCN(CCCCCCCC)CCCCCCCC.O=C(O)c1cc(Cn2c3ccccc3c(=O)c3cc4[nH]c5ccccc5c(=O)c4cc32)cc(C(=O)O)c1. The molecule has 9 nitrogen and oxygen atoms in total. The molecule has 6 rings (SSSR count). The fourth-order valence-corrected chi connectivity index (χ4v) is 8.61. The average Bonchev–Trinajstić information content (AvgIpc) is 3.28. The number of H-pyrrole nitrogens is 1. The highest BCUT2D eigenvalue weighted by Crippen LogP contribution is 2.26. The number of fused-ring (bicyclic) bond motifs is 4. The van der Waals surface area contributed by atoms with Crippen molar-refractivity contribution in [1.82, 2.24) is 14.5 Å². The molecule has 0 aliphatic heterocycles. The van der Waals surface area contributed by atoms with E-state index in [1.807, 2.05) is 10.6 Å². The second-order valence-electron chi connectivity index (χ2n) is 17.0. The fraction of sp³-hybridized carbons (Fsp3) is 0.472. The maximum Gasteiger partial charge on any atom is 0.335 e. The number of nitrogens with one attached hydrogen (secondary N) is 1. The predicted octanol–water partition coefficient (Wildman–Crippen LogP) is 13.0. The lowest BCUT2D eigenvalue weighted by Crippen LogP contribution is -2.27. The van der Waals surface area contributed by atoms with E-state index in [4.69, 9.17) is 0 Å². The van der Waals surface area contributed by atoms with Crippen LogP contribution >= 0.6 is 0 Å². The molecule has 9 heteroatoms. The van der Waals surface area contributed by atoms with E-state index < -0.39 is 11.9 Å². The first kappa shape index (κ1) is 47.8. The monoisotopic (exact) mass is 844 g/mol. The second kappa shape index (κ2) is 25.0. The van der Waals surface area contributed by atoms with Crippen molar-refractivity contribution in [3.8, 4) is 0 Å². The third kappa shape index (κ3) is 13.4. The number of rotatable bonds is 25. The molecule has 6 aromatic rings. The third-order valence-corrected chi connectivity index (χ3v) is 12.1. The van der Waals surface area contributed by atoms with Gasteiger partial charge in [0, 0.05) is 33.6 Å². The first-order chi connectivity index (χ1) is 30.2. The molecule has 2 aromatic heterocycles. The number of hydrogen-bond donors (Lipinski definition) is 3. The number of aromatic nitrogens is 2. The number of unbranched alkanes of at least 4 members (excludes halogenated alkanes) is 15. The van der Waals surface area contributed by atoms with E-state index in [-0.39, 0.29) is 28.5 Å². The number of para-hydroxylation sites is 2. The van der Waals surface area contributed by atoms with Gasteiger partial charge in [0.25, 0.3) is 0 Å². The summed E-state index contributed by atoms with van der Waals surface area (Å²) < 4.78 is 1.81. The summed E-state index contributed by atoms with van der Waals surface area (Å²) in [5.74, 6) is -2.49. The summed E-state index contributed by atoms with van der Waals surface area (Å²) >= 11 is 0. The van der Waals surface area contributed by atoms with Crippen LogP contribution in [0, 0.1) is 0 Å². The summed E-state index contributed by atoms with van der Waals surface area (Å²) in [4.78, 5) is 56.2. The topological polar surface area (TPSA) is 133 Å². The molecule has 0 atom stereocenters. The number of aromatic carboxylic acids is 2. The van der Waals surface area contributed by atoms with Crippen molar-refractivity contribution >= 4 is 55.6 Å². The van der Waals surface area contributed by atoms with Crippen LogP contribution < -0.4 is 10.9 Å². The Hall–Kier alpha value is -5.28. The standard InChI is InChI=1S/C29H18N2O6.C24H51N/c32-26-18-5-1-3-7-22(18)30-23-12-21-25(13-20(23)26)31(24-8-4-2-6-19(24)27(21)33)14-15-9-16(28(34)35)11-17(10-15)29(36)37;1-4-7-10-13-16-19-22-25(23-20-17-14-11-8-5-2)24-21-18-15-12-9-6-3/h1-13H,14H2,(H,30,32)(H,34,35)(H,36,37);4-24H2,1-3H3. The van der Waals surface area contributed by atoms with Crippen molar-refractivity contribution in [2.75, 3.05) is 19.6 Å². The van der Waals surface area contributed by atoms with Crippen molar-refractivity contribution in [3.05, 3.63) is 116 Å². The molecule has 0 saturated heterocycles. The van der Waals surface area contributed by atoms with Crippen LogP contribution in [0.15, 0.2) is 88.5 Å². The summed E-state index contributed by atoms with van der Waals surface area (Å²) in [6, 6.07) is 21.4. The average molecular weight is 844 g/mol. The van der Waals surface area contributed by atoms with Gasteiger partial charge in [-0.1, -0.05) is 141 Å². The van der Waals surface area contributed by atoms with Gasteiger partial charge in [0.2, 0.25) is 0 Å². The van der Waals surface area contributed by atoms with Crippen molar-refractivity contribution in [2.45, 2.75) is 143 Å². The fourth-order valence-electron chi connectivity index (χ4n) is 8.61. The predicted molar refractivity (Wildman–Crippen MR) is 257 cm³/mol. The van der Waals surface area contributed by atoms with Gasteiger partial charge < -0.3 is 24.7 Å². The normalized spacial score (nSPS) is 11.5. The first-order valence-corrected chi connectivity index (χ1v) is 23.5. The van der Waals surface area contributed by atoms with Crippen LogP contribution in [-0.2, 0) is 6.54 Å². The minimum absolute atomic E-state index is 0.0791. The molecule has 0 unspecified atom stereocenters. The first-order valence-electron chi connectivity index (χ1n) is 23.5. The van der Waals surface area contributed by atoms with E-state index in [9.17, 15) is 29.4 Å². The highest BCUT2D eigenvalue weighted by Gasteiger charge is 2.17. The van der Waals surface area contributed by atoms with Crippen LogP contribution in [0.1, 0.15) is 163 Å². The molecular weight excluding hydrogens is 775 g/mol. The van der Waals surface area contributed by atoms with Gasteiger partial charge in [-0.05, 0) is 99.1 Å². The maximum absolute atomic E-state index is 13.5. The zero-order chi connectivity index (χ0) is 44.3. The molecule has 0 saturated carbocycles. The third-order valence-electron chi connectivity index (χ3n) is 12.1. The van der Waals surface area contributed by atoms with E-state index in [0.717, 1.165) is 6.07 Å². The minimum atomic E-state index is -1.25. The van der Waals surface area contributed by atoms with Crippen LogP contribution in [0.2, 0.25) is 0 Å². The molecule has 0 radical (unpaired) electrons. The second-order valence-corrected chi connectivity index (χ2v) is 17.0. The molecule has 2 heterocycles. The Balaban J connectivity index is 0.000000256. The molecule has 0 aliphatic carbocycles. The van der Waals surface area contributed by atoms with Gasteiger partial charge in [0.05, 0.1) is 27.7 Å². The van der Waals surface area contributed by atoms with Crippen LogP contribution in [0.4, 0.5) is 0 Å². The van der Waals surface area contributed by atoms with Gasteiger partial charge in [0.15, 0.2) is 10.9 Å². The lowest BCUT2D eigenvalue weighted by molar-refractivity contribution is 0.0696. The Labute approximate surface area is 367 Å². The molecule has 4 aromatic carbocycles. The molecule has 0 amide bonds. The van der Waals surface area contributed by atoms with Crippen LogP contribution in [0.3, 0.4) is 0 Å². The Kier molecular flexibility index (Phi) is 19.2. The molecule has 0 bridgehead atoms. The highest BCUT2D eigenvalue weighted by atomic mass is 16.4. The van der Waals surface area contributed by atoms with Crippen molar-refractivity contribution in [3.63, 3.8) is 0 Å². The van der Waals surface area contributed by atoms with Crippen molar-refractivity contribution < 1.29 is 19.8 Å². The number of carbonyl (C=O) groups is 2. The lowest BCUT2D eigenvalue weighted by Gasteiger charge is -2.22. The van der Waals surface area contributed by atoms with E-state index >= 15 is 0 Å². The maximum atomic E-state index is 13.5. The molecule has 332 valence electrons. The van der Waals surface area contributed by atoms with E-state index in [2.05, 4.69) is 30.7 Å². The lowest BCUT2D eigenvalue weighted by atomic mass is 10.0. The largest absolute Gasteiger partial charge is 0.478 e. The zero-order valence-electron chi connectivity index (χ0n) is 37.5. The van der Waals surface area contributed by atoms with E-state index in [1.165, 1.54) is 147 Å². The summed E-state index contributed by atoms with van der Waals surface area (Å²) in [7, 11) is 0. The molecule has 0 spiro atoms. The number of aromatic amines is 1. The summed E-state index contributed by atoms with van der Waals surface area (Å²) in [6.45, 7) is 11.1. The van der Waals surface area contributed by atoms with Crippen molar-refractivity contribution in [1.29, 1.82) is 0 Å². The number of benzene rings is 4. The molecule has 0 fully saturated rings. The summed E-state index contributed by atoms with van der Waals surface area (Å²) in [5.41, 5.74) is 1.98. The highest BCUT2D eigenvalue weighted by molar-refractivity contribution is 6.03. The van der Waals surface area contributed by atoms with Gasteiger partial charge >= 0.3 is 11.9 Å². The number of hydrogen-bond acceptors (Lipinski definition) is 5. The van der Waals surface area contributed by atoms with Gasteiger partial charge in [-0.15, -0.1) is 0 Å². The number of nitrogens with zero attached hydrogens (tertiary/aromatic N) is 2. The minimum Gasteiger partial charge on any atom is -0.478 e. The number of pyridine rings is 2. The quantitative estimate of drug-likeness (QED) is 0.0386. The van der Waals surface area contributed by atoms with Crippen LogP contribution in [-0.4, -0.2) is 56.2 Å². The Bertz CT molecular complexity index is 2430. The van der Waals surface area contributed by atoms with Crippen LogP contribution in [0.5, 0.6) is 0 Å². The van der Waals surface area contributed by atoms with Crippen LogP contribution in [0.25, 0.3) is 43.6 Å². The van der Waals surface area contributed by atoms with E-state index in [0.29, 0.717) is 49.2 Å². The van der Waals surface area contributed by atoms with E-state index in [1.54, 1.807) is 54.6 Å². The van der Waals surface area contributed by atoms with Crippen molar-refractivity contribution in [2.24, 2.45) is 0 Å². The molecule has 3 N–H and O–H groups in total. The Morgan fingerprint density at radius 1 is 0.500 bits per heavy atom. The summed E-state index contributed by atoms with van der Waals surface area (Å²) in [5, 5.41) is 20.8. The smallest absolute Gasteiger partial charge is 0.335 e. The van der Waals surface area contributed by atoms with Gasteiger partial charge in [0.1, 0.15) is 0 Å². The Morgan fingerprint density at radius 2 is 0.968 bits per heavy atom. The number of carboxylic acid groups (broad SMARTS) is 2. The molecule has 62 heavy (non-hydrogen) atoms. The van der Waals surface area contributed by atoms with Gasteiger partial charge in [-0.2, -0.15) is 0 Å². The number of carboxylic acids is 2.